The number of hydrogen-bond acceptors (Lipinski definition) is 3. The van der Waals surface area contributed by atoms with E-state index in [-0.39, 0.29) is 6.04 Å². The Morgan fingerprint density at radius 1 is 1.12 bits per heavy atom. The number of rotatable bonds is 5. The zero-order valence-electron chi connectivity index (χ0n) is 10.8. The molecular weight excluding hydrogens is 198 g/mol. The minimum Gasteiger partial charge on any atom is -0.373 e. The van der Waals surface area contributed by atoms with Gasteiger partial charge in [-0.05, 0) is 32.6 Å². The van der Waals surface area contributed by atoms with Crippen molar-refractivity contribution in [2.45, 2.75) is 13.0 Å². The lowest BCUT2D eigenvalue weighted by atomic mass is 10.1. The molecule has 2 N–H and O–H groups in total. The third-order valence-electron chi connectivity index (χ3n) is 2.72. The number of nitrogens with zero attached hydrogens (tertiary/aromatic N) is 2. The lowest BCUT2D eigenvalue weighted by Crippen LogP contribution is -2.29. The fourth-order valence-electron chi connectivity index (χ4n) is 1.69. The van der Waals surface area contributed by atoms with E-state index >= 15 is 0 Å². The van der Waals surface area contributed by atoms with Crippen molar-refractivity contribution in [1.82, 2.24) is 4.90 Å². The highest BCUT2D eigenvalue weighted by molar-refractivity contribution is 5.54. The van der Waals surface area contributed by atoms with Crippen molar-refractivity contribution in [1.29, 1.82) is 0 Å². The number of para-hydroxylation sites is 1. The van der Waals surface area contributed by atoms with Crippen molar-refractivity contribution >= 4 is 5.69 Å². The van der Waals surface area contributed by atoms with Crippen molar-refractivity contribution in [3.8, 4) is 0 Å². The van der Waals surface area contributed by atoms with Gasteiger partial charge in [-0.15, -0.1) is 0 Å². The molecule has 1 atom stereocenters. The number of anilines is 1. The lowest BCUT2D eigenvalue weighted by molar-refractivity contribution is 0.416. The van der Waals surface area contributed by atoms with Crippen LogP contribution in [0, 0.1) is 0 Å². The van der Waals surface area contributed by atoms with Crippen LogP contribution in [0.3, 0.4) is 0 Å². The van der Waals surface area contributed by atoms with Crippen LogP contribution in [0.5, 0.6) is 0 Å². The standard InChI is InChI=1S/C13H23N3/c1-11(14)12-7-5-6-8-13(12)16(4)10-9-15(2)3/h5-8,11H,9-10,14H2,1-4H3/t11-/m0/s1. The Bertz CT molecular complexity index is 321. The summed E-state index contributed by atoms with van der Waals surface area (Å²) in [6.07, 6.45) is 0. The molecule has 0 aromatic heterocycles. The van der Waals surface area contributed by atoms with Crippen molar-refractivity contribution in [3.63, 3.8) is 0 Å². The molecule has 0 fully saturated rings. The van der Waals surface area contributed by atoms with Gasteiger partial charge in [-0.2, -0.15) is 0 Å². The molecule has 1 rings (SSSR count). The molecule has 3 nitrogen and oxygen atoms in total. The van der Waals surface area contributed by atoms with Crippen molar-refractivity contribution in [2.75, 3.05) is 39.1 Å². The van der Waals surface area contributed by atoms with Gasteiger partial charge in [0, 0.05) is 31.9 Å². The first-order chi connectivity index (χ1) is 7.52. The van der Waals surface area contributed by atoms with E-state index in [0.29, 0.717) is 0 Å². The summed E-state index contributed by atoms with van der Waals surface area (Å²) in [4.78, 5) is 4.45. The number of hydrogen-bond donors (Lipinski definition) is 1. The second kappa shape index (κ2) is 5.87. The van der Waals surface area contributed by atoms with Crippen LogP contribution in [0.2, 0.25) is 0 Å². The van der Waals surface area contributed by atoms with Crippen LogP contribution in [0.15, 0.2) is 24.3 Å². The van der Waals surface area contributed by atoms with Gasteiger partial charge < -0.3 is 15.5 Å². The van der Waals surface area contributed by atoms with E-state index in [1.54, 1.807) is 0 Å². The second-order valence-corrected chi connectivity index (χ2v) is 4.57. The molecule has 0 heterocycles. The average molecular weight is 221 g/mol. The summed E-state index contributed by atoms with van der Waals surface area (Å²) in [5.74, 6) is 0. The first-order valence-corrected chi connectivity index (χ1v) is 5.72. The topological polar surface area (TPSA) is 32.5 Å². The minimum atomic E-state index is 0.0815. The Kier molecular flexibility index (Phi) is 4.77. The van der Waals surface area contributed by atoms with Gasteiger partial charge in [-0.3, -0.25) is 0 Å². The maximum atomic E-state index is 5.97. The van der Waals surface area contributed by atoms with E-state index in [1.807, 2.05) is 13.0 Å². The van der Waals surface area contributed by atoms with Crippen LogP contribution >= 0.6 is 0 Å². The molecule has 0 spiro atoms. The molecule has 0 unspecified atom stereocenters. The monoisotopic (exact) mass is 221 g/mol. The Hall–Kier alpha value is -1.06. The van der Waals surface area contributed by atoms with Crippen LogP contribution < -0.4 is 10.6 Å². The summed E-state index contributed by atoms with van der Waals surface area (Å²) >= 11 is 0. The van der Waals surface area contributed by atoms with Crippen molar-refractivity contribution < 1.29 is 0 Å². The molecule has 0 aliphatic rings. The van der Waals surface area contributed by atoms with E-state index < -0.39 is 0 Å². The van der Waals surface area contributed by atoms with Crippen LogP contribution in [-0.2, 0) is 0 Å². The predicted octanol–water partition coefficient (Wildman–Crippen LogP) is 1.70. The quantitative estimate of drug-likeness (QED) is 0.821. The van der Waals surface area contributed by atoms with Gasteiger partial charge >= 0.3 is 0 Å². The van der Waals surface area contributed by atoms with E-state index in [0.717, 1.165) is 13.1 Å². The molecule has 1 aromatic carbocycles. The summed E-state index contributed by atoms with van der Waals surface area (Å²) in [6.45, 7) is 4.08. The largest absolute Gasteiger partial charge is 0.373 e. The molecule has 16 heavy (non-hydrogen) atoms. The van der Waals surface area contributed by atoms with Gasteiger partial charge in [0.2, 0.25) is 0 Å². The molecular formula is C13H23N3. The number of nitrogens with two attached hydrogens (primary N) is 1. The summed E-state index contributed by atoms with van der Waals surface area (Å²) < 4.78 is 0. The molecule has 0 saturated heterocycles. The Balaban J connectivity index is 2.77. The smallest absolute Gasteiger partial charge is 0.0412 e. The van der Waals surface area contributed by atoms with Crippen LogP contribution in [-0.4, -0.2) is 39.1 Å². The van der Waals surface area contributed by atoms with E-state index in [4.69, 9.17) is 5.73 Å². The SMILES string of the molecule is C[C@H](N)c1ccccc1N(C)CCN(C)C. The van der Waals surface area contributed by atoms with E-state index in [2.05, 4.69) is 49.1 Å². The third-order valence-corrected chi connectivity index (χ3v) is 2.72. The van der Waals surface area contributed by atoms with Gasteiger partial charge in [-0.1, -0.05) is 18.2 Å². The Morgan fingerprint density at radius 3 is 2.31 bits per heavy atom. The van der Waals surface area contributed by atoms with E-state index in [1.165, 1.54) is 11.3 Å². The summed E-state index contributed by atoms with van der Waals surface area (Å²) in [5, 5.41) is 0. The highest BCUT2D eigenvalue weighted by Gasteiger charge is 2.09. The molecule has 0 saturated carbocycles. The van der Waals surface area contributed by atoms with Gasteiger partial charge in [0.1, 0.15) is 0 Å². The van der Waals surface area contributed by atoms with Crippen LogP contribution in [0.4, 0.5) is 5.69 Å². The normalized spacial score (nSPS) is 12.9. The van der Waals surface area contributed by atoms with Gasteiger partial charge in [0.05, 0.1) is 0 Å². The van der Waals surface area contributed by atoms with Gasteiger partial charge in [0.15, 0.2) is 0 Å². The lowest BCUT2D eigenvalue weighted by Gasteiger charge is -2.25. The van der Waals surface area contributed by atoms with Crippen LogP contribution in [0.1, 0.15) is 18.5 Å². The summed E-state index contributed by atoms with van der Waals surface area (Å²) in [5.41, 5.74) is 8.42. The maximum absolute atomic E-state index is 5.97. The zero-order valence-corrected chi connectivity index (χ0v) is 10.8. The van der Waals surface area contributed by atoms with E-state index in [9.17, 15) is 0 Å². The third kappa shape index (κ3) is 3.51. The maximum Gasteiger partial charge on any atom is 0.0412 e. The van der Waals surface area contributed by atoms with Crippen LogP contribution in [0.25, 0.3) is 0 Å². The number of likely N-dealkylation sites (N-methyl/N-ethyl adjacent to an activating group) is 2. The molecule has 0 aliphatic carbocycles. The van der Waals surface area contributed by atoms with Gasteiger partial charge in [-0.25, -0.2) is 0 Å². The number of benzene rings is 1. The first kappa shape index (κ1) is 13.0. The summed E-state index contributed by atoms with van der Waals surface area (Å²) in [7, 11) is 6.29. The molecule has 3 heteroatoms. The fraction of sp³-hybridized carbons (Fsp3) is 0.538. The minimum absolute atomic E-state index is 0.0815. The van der Waals surface area contributed by atoms with Gasteiger partial charge in [0.25, 0.3) is 0 Å². The first-order valence-electron chi connectivity index (χ1n) is 5.72. The molecule has 1 aromatic rings. The molecule has 0 radical (unpaired) electrons. The molecule has 0 aliphatic heterocycles. The zero-order chi connectivity index (χ0) is 12.1. The fourth-order valence-corrected chi connectivity index (χ4v) is 1.69. The average Bonchev–Trinajstić information content (AvgIpc) is 2.25. The van der Waals surface area contributed by atoms with Crippen molar-refractivity contribution in [3.05, 3.63) is 29.8 Å². The second-order valence-electron chi connectivity index (χ2n) is 4.57. The Morgan fingerprint density at radius 2 is 1.75 bits per heavy atom. The molecule has 0 bridgehead atoms. The summed E-state index contributed by atoms with van der Waals surface area (Å²) in [6, 6.07) is 8.42. The Labute approximate surface area is 98.8 Å². The predicted molar refractivity (Wildman–Crippen MR) is 70.9 cm³/mol. The molecule has 90 valence electrons. The highest BCUT2D eigenvalue weighted by atomic mass is 15.2. The van der Waals surface area contributed by atoms with Crippen molar-refractivity contribution in [2.24, 2.45) is 5.73 Å². The molecule has 0 amide bonds. The highest BCUT2D eigenvalue weighted by Crippen LogP contribution is 2.23.